The van der Waals surface area contributed by atoms with Gasteiger partial charge in [-0.2, -0.15) is 0 Å². The molecular formula is C33H38N2O. The molecule has 3 aromatic rings. The number of likely N-dealkylation sites (tertiary alicyclic amines) is 1. The molecule has 1 saturated heterocycles. The van der Waals surface area contributed by atoms with Gasteiger partial charge >= 0.3 is 0 Å². The van der Waals surface area contributed by atoms with Crippen molar-refractivity contribution >= 4 is 5.91 Å². The SMILES string of the molecule is CC1[C@H]2Cc3ccc(C(=O)NCCc4ccc(-c5ccccc5)cc4)cc3[C@]1(C)CCN2CC1CC1. The third-order valence-corrected chi connectivity index (χ3v) is 9.34. The Hall–Kier alpha value is -2.91. The standard InChI is InChI=1S/C33H38N2O/c1-23-31-21-28-14-15-29(20-30(28)33(23,2)17-19-35(31)22-25-8-9-25)32(36)34-18-16-24-10-12-27(13-11-24)26-6-4-3-5-7-26/h3-7,10-15,20,23,25,31H,8-9,16-19,21-22H2,1-2H3,(H,34,36)/t23?,31-,33-/m1/s1. The topological polar surface area (TPSA) is 32.3 Å². The lowest BCUT2D eigenvalue weighted by Gasteiger charge is -2.55. The second kappa shape index (κ2) is 9.52. The molecule has 1 saturated carbocycles. The number of nitrogens with zero attached hydrogens (tertiary/aromatic N) is 1. The third-order valence-electron chi connectivity index (χ3n) is 9.34. The van der Waals surface area contributed by atoms with Gasteiger partial charge in [0.15, 0.2) is 0 Å². The normalized spacial score (nSPS) is 25.3. The van der Waals surface area contributed by atoms with Gasteiger partial charge < -0.3 is 5.32 Å². The minimum absolute atomic E-state index is 0.0447. The number of nitrogens with one attached hydrogen (secondary N) is 1. The lowest BCUT2D eigenvalue weighted by Crippen LogP contribution is -2.58. The minimum Gasteiger partial charge on any atom is -0.352 e. The van der Waals surface area contributed by atoms with Crippen LogP contribution in [0.5, 0.6) is 0 Å². The van der Waals surface area contributed by atoms with Gasteiger partial charge in [0.25, 0.3) is 5.91 Å². The van der Waals surface area contributed by atoms with E-state index in [1.807, 2.05) is 12.1 Å². The van der Waals surface area contributed by atoms with E-state index in [4.69, 9.17) is 0 Å². The Labute approximate surface area is 215 Å². The van der Waals surface area contributed by atoms with Crippen molar-refractivity contribution in [1.29, 1.82) is 0 Å². The van der Waals surface area contributed by atoms with Gasteiger partial charge in [0.1, 0.15) is 0 Å². The summed E-state index contributed by atoms with van der Waals surface area (Å²) in [4.78, 5) is 15.9. The molecule has 1 amide bonds. The van der Waals surface area contributed by atoms with Crippen LogP contribution >= 0.6 is 0 Å². The van der Waals surface area contributed by atoms with Gasteiger partial charge in [-0.25, -0.2) is 0 Å². The van der Waals surface area contributed by atoms with Gasteiger partial charge in [-0.1, -0.05) is 74.5 Å². The van der Waals surface area contributed by atoms with Crippen molar-refractivity contribution in [3.05, 3.63) is 95.1 Å². The second-order valence-corrected chi connectivity index (χ2v) is 11.6. The number of rotatable bonds is 7. The molecule has 0 spiro atoms. The molecule has 186 valence electrons. The molecule has 0 radical (unpaired) electrons. The Morgan fingerprint density at radius 1 is 1.00 bits per heavy atom. The zero-order valence-electron chi connectivity index (χ0n) is 21.7. The number of hydrogen-bond donors (Lipinski definition) is 1. The number of amides is 1. The maximum Gasteiger partial charge on any atom is 0.251 e. The molecule has 1 heterocycles. The van der Waals surface area contributed by atoms with Crippen molar-refractivity contribution in [3.63, 3.8) is 0 Å². The number of fused-ring (bicyclic) bond motifs is 4. The fourth-order valence-corrected chi connectivity index (χ4v) is 6.62. The monoisotopic (exact) mass is 478 g/mol. The Balaban J connectivity index is 1.10. The van der Waals surface area contributed by atoms with Crippen LogP contribution in [0.3, 0.4) is 0 Å². The van der Waals surface area contributed by atoms with Crippen molar-refractivity contribution in [2.45, 2.75) is 57.4 Å². The van der Waals surface area contributed by atoms with Crippen molar-refractivity contribution in [3.8, 4) is 11.1 Å². The number of carbonyl (C=O) groups is 1. The predicted molar refractivity (Wildman–Crippen MR) is 147 cm³/mol. The van der Waals surface area contributed by atoms with Gasteiger partial charge in [0.05, 0.1) is 0 Å². The Morgan fingerprint density at radius 3 is 2.50 bits per heavy atom. The van der Waals surface area contributed by atoms with Crippen molar-refractivity contribution in [1.82, 2.24) is 10.2 Å². The third kappa shape index (κ3) is 4.50. The Morgan fingerprint density at radius 2 is 1.75 bits per heavy atom. The molecule has 0 aromatic heterocycles. The van der Waals surface area contributed by atoms with Crippen LogP contribution < -0.4 is 5.32 Å². The Kier molecular flexibility index (Phi) is 6.21. The molecule has 36 heavy (non-hydrogen) atoms. The van der Waals surface area contributed by atoms with Crippen LogP contribution in [0.4, 0.5) is 0 Å². The van der Waals surface area contributed by atoms with Crippen molar-refractivity contribution in [2.24, 2.45) is 11.8 Å². The quantitative estimate of drug-likeness (QED) is 0.435. The maximum atomic E-state index is 13.1. The summed E-state index contributed by atoms with van der Waals surface area (Å²) in [5, 5.41) is 3.17. The zero-order chi connectivity index (χ0) is 24.7. The van der Waals surface area contributed by atoms with E-state index in [9.17, 15) is 4.79 Å². The summed E-state index contributed by atoms with van der Waals surface area (Å²) < 4.78 is 0. The van der Waals surface area contributed by atoms with Gasteiger partial charge in [-0.3, -0.25) is 9.69 Å². The lowest BCUT2D eigenvalue weighted by molar-refractivity contribution is 0.0284. The van der Waals surface area contributed by atoms with Crippen LogP contribution in [0.2, 0.25) is 0 Å². The van der Waals surface area contributed by atoms with Gasteiger partial charge in [0.2, 0.25) is 0 Å². The molecule has 3 nitrogen and oxygen atoms in total. The highest BCUT2D eigenvalue weighted by atomic mass is 16.1. The van der Waals surface area contributed by atoms with Crippen LogP contribution in [0.1, 0.15) is 60.2 Å². The van der Waals surface area contributed by atoms with E-state index in [1.165, 1.54) is 60.2 Å². The molecule has 3 heteroatoms. The van der Waals surface area contributed by atoms with Gasteiger partial charge in [0, 0.05) is 24.7 Å². The first-order valence-corrected chi connectivity index (χ1v) is 13.8. The van der Waals surface area contributed by atoms with Crippen molar-refractivity contribution in [2.75, 3.05) is 19.6 Å². The molecule has 3 aromatic carbocycles. The van der Waals surface area contributed by atoms with Crippen molar-refractivity contribution < 1.29 is 4.79 Å². The summed E-state index contributed by atoms with van der Waals surface area (Å²) in [6.45, 7) is 8.02. The molecule has 2 fully saturated rings. The van der Waals surface area contributed by atoms with Crippen LogP contribution in [0.25, 0.3) is 11.1 Å². The van der Waals surface area contributed by atoms with Crippen LogP contribution in [0.15, 0.2) is 72.8 Å². The smallest absolute Gasteiger partial charge is 0.251 e. The molecule has 2 aliphatic carbocycles. The number of carbonyl (C=O) groups excluding carboxylic acids is 1. The maximum absolute atomic E-state index is 13.1. The predicted octanol–water partition coefficient (Wildman–Crippen LogP) is 6.26. The summed E-state index contributed by atoms with van der Waals surface area (Å²) in [5.41, 5.74) is 7.53. The highest BCUT2D eigenvalue weighted by molar-refractivity contribution is 5.94. The molecule has 1 unspecified atom stereocenters. The summed E-state index contributed by atoms with van der Waals surface area (Å²) in [6, 6.07) is 26.2. The minimum atomic E-state index is 0.0447. The summed E-state index contributed by atoms with van der Waals surface area (Å²) in [6.07, 6.45) is 5.99. The average molecular weight is 479 g/mol. The van der Waals surface area contributed by atoms with Gasteiger partial charge in [-0.05, 0) is 95.8 Å². The first-order valence-electron chi connectivity index (χ1n) is 13.8. The fraction of sp³-hybridized carbons (Fsp3) is 0.424. The van der Waals surface area contributed by atoms with Crippen LogP contribution in [-0.2, 0) is 18.3 Å². The lowest BCUT2D eigenvalue weighted by atomic mass is 9.59. The van der Waals surface area contributed by atoms with E-state index >= 15 is 0 Å². The molecule has 3 aliphatic rings. The summed E-state index contributed by atoms with van der Waals surface area (Å²) in [5.74, 6) is 1.61. The highest BCUT2D eigenvalue weighted by Crippen LogP contribution is 2.49. The first-order chi connectivity index (χ1) is 17.5. The van der Waals surface area contributed by atoms with Gasteiger partial charge in [-0.15, -0.1) is 0 Å². The van der Waals surface area contributed by atoms with E-state index in [-0.39, 0.29) is 11.3 Å². The number of hydrogen-bond acceptors (Lipinski definition) is 2. The molecular weight excluding hydrogens is 440 g/mol. The zero-order valence-corrected chi connectivity index (χ0v) is 21.7. The van der Waals surface area contributed by atoms with E-state index < -0.39 is 0 Å². The number of benzene rings is 3. The second-order valence-electron chi connectivity index (χ2n) is 11.6. The van der Waals surface area contributed by atoms with Crippen LogP contribution in [0, 0.1) is 11.8 Å². The molecule has 6 rings (SSSR count). The highest BCUT2D eigenvalue weighted by Gasteiger charge is 2.49. The molecule has 3 atom stereocenters. The molecule has 1 aliphatic heterocycles. The average Bonchev–Trinajstić information content (AvgIpc) is 3.73. The van der Waals surface area contributed by atoms with E-state index in [0.29, 0.717) is 18.5 Å². The Bertz CT molecular complexity index is 1230. The van der Waals surface area contributed by atoms with E-state index in [0.717, 1.165) is 24.3 Å². The summed E-state index contributed by atoms with van der Waals surface area (Å²) in [7, 11) is 0. The summed E-state index contributed by atoms with van der Waals surface area (Å²) >= 11 is 0. The molecule has 2 bridgehead atoms. The fourth-order valence-electron chi connectivity index (χ4n) is 6.62. The first kappa shape index (κ1) is 23.5. The number of piperidine rings is 1. The van der Waals surface area contributed by atoms with E-state index in [1.54, 1.807) is 0 Å². The molecule has 1 N–H and O–H groups in total. The largest absolute Gasteiger partial charge is 0.352 e. The van der Waals surface area contributed by atoms with E-state index in [2.05, 4.69) is 84.7 Å². The van der Waals surface area contributed by atoms with Crippen LogP contribution in [-0.4, -0.2) is 36.5 Å².